The minimum absolute atomic E-state index is 0.0337. The highest BCUT2D eigenvalue weighted by molar-refractivity contribution is 7.98. The van der Waals surface area contributed by atoms with Gasteiger partial charge in [-0.1, -0.05) is 69.9 Å². The van der Waals surface area contributed by atoms with Crippen molar-refractivity contribution in [1.29, 1.82) is 0 Å². The molecule has 4 rings (SSSR count). The van der Waals surface area contributed by atoms with E-state index in [1.54, 1.807) is 6.07 Å². The van der Waals surface area contributed by atoms with Gasteiger partial charge in [-0.15, -0.1) is 11.8 Å². The number of thioether (sulfide) groups is 1. The number of rotatable bonds is 14. The number of aromatic hydroxyl groups is 1. The van der Waals surface area contributed by atoms with Gasteiger partial charge in [0.2, 0.25) is 10.0 Å². The third kappa shape index (κ3) is 8.30. The Kier molecular flexibility index (Phi) is 11.4. The van der Waals surface area contributed by atoms with Gasteiger partial charge in [0.15, 0.2) is 12.6 Å². The van der Waals surface area contributed by atoms with Gasteiger partial charge in [0.1, 0.15) is 16.4 Å². The number of sulfonamides is 1. The molecule has 0 unspecified atom stereocenters. The first-order valence-corrected chi connectivity index (χ1v) is 17.8. The summed E-state index contributed by atoms with van der Waals surface area (Å²) in [5, 5.41) is 21.7. The van der Waals surface area contributed by atoms with Gasteiger partial charge in [-0.25, -0.2) is 17.9 Å². The van der Waals surface area contributed by atoms with Crippen molar-refractivity contribution < 1.29 is 33.0 Å². The Labute approximate surface area is 269 Å². The van der Waals surface area contributed by atoms with Crippen molar-refractivity contribution in [1.82, 2.24) is 10.0 Å². The molecule has 12 heteroatoms. The molecule has 45 heavy (non-hydrogen) atoms. The highest BCUT2D eigenvalue weighted by atomic mass is 32.2. The smallest absolute Gasteiger partial charge is 0.330 e. The van der Waals surface area contributed by atoms with Crippen molar-refractivity contribution in [2.45, 2.75) is 73.7 Å². The number of carboxylic acid groups (broad SMARTS) is 1. The Morgan fingerprint density at radius 3 is 2.27 bits per heavy atom. The van der Waals surface area contributed by atoms with Crippen LogP contribution in [0.15, 0.2) is 76.5 Å². The molecule has 1 amide bonds. The first-order valence-electron chi connectivity index (χ1n) is 15.0. The summed E-state index contributed by atoms with van der Waals surface area (Å²) in [5.74, 6) is -1.83. The average molecular weight is 656 g/mol. The molecule has 0 radical (unpaired) electrons. The quantitative estimate of drug-likeness (QED) is 0.154. The maximum atomic E-state index is 14.1. The Hall–Kier alpha value is -3.74. The fourth-order valence-corrected chi connectivity index (χ4v) is 7.75. The van der Waals surface area contributed by atoms with Crippen LogP contribution in [0.2, 0.25) is 0 Å². The fourth-order valence-electron chi connectivity index (χ4n) is 5.54. The number of phenolic OH excluding ortho intramolecular Hbond substituents is 1. The molecule has 10 nitrogen and oxygen atoms in total. The molecule has 0 bridgehead atoms. The van der Waals surface area contributed by atoms with E-state index in [0.717, 1.165) is 31.4 Å². The number of aliphatic carboxylic acids is 1. The molecule has 0 aromatic heterocycles. The molecule has 3 aromatic rings. The van der Waals surface area contributed by atoms with Gasteiger partial charge >= 0.3 is 5.97 Å². The maximum absolute atomic E-state index is 14.1. The number of carboxylic acids is 1. The van der Waals surface area contributed by atoms with Crippen LogP contribution in [0.1, 0.15) is 64.0 Å². The molecular weight excluding hydrogens is 615 g/mol. The van der Waals surface area contributed by atoms with Crippen LogP contribution in [-0.4, -0.2) is 55.5 Å². The fraction of sp³-hybridized carbons (Fsp3) is 0.394. The molecular formula is C33H41N3O7S2. The molecule has 0 fully saturated rings. The molecule has 1 heterocycles. The van der Waals surface area contributed by atoms with E-state index in [2.05, 4.69) is 28.8 Å². The second kappa shape index (κ2) is 15.0. The third-order valence-electron chi connectivity index (χ3n) is 7.86. The number of hydrogen-bond donors (Lipinski definition) is 4. The molecule has 0 saturated heterocycles. The molecule has 4 N–H and O–H groups in total. The van der Waals surface area contributed by atoms with E-state index in [-0.39, 0.29) is 22.0 Å². The number of hydrogen-bond acceptors (Lipinski definition) is 8. The van der Waals surface area contributed by atoms with E-state index in [4.69, 9.17) is 4.74 Å². The molecule has 1 atom stereocenters. The number of carbonyl (C=O) groups is 2. The monoisotopic (exact) mass is 655 g/mol. The average Bonchev–Trinajstić information content (AvgIpc) is 3.12. The number of anilines is 2. The van der Waals surface area contributed by atoms with Crippen LogP contribution in [0.3, 0.4) is 0 Å². The number of benzene rings is 3. The Morgan fingerprint density at radius 2 is 1.69 bits per heavy atom. The van der Waals surface area contributed by atoms with Gasteiger partial charge in [-0.2, -0.15) is 0 Å². The van der Waals surface area contributed by atoms with Crippen LogP contribution in [-0.2, 0) is 19.6 Å². The van der Waals surface area contributed by atoms with Crippen LogP contribution in [0.5, 0.6) is 11.5 Å². The summed E-state index contributed by atoms with van der Waals surface area (Å²) < 4.78 is 37.2. The first kappa shape index (κ1) is 34.1. The van der Waals surface area contributed by atoms with E-state index in [1.807, 2.05) is 36.6 Å². The second-order valence-electron chi connectivity index (χ2n) is 11.2. The third-order valence-corrected chi connectivity index (χ3v) is 10.2. The summed E-state index contributed by atoms with van der Waals surface area (Å²) in [7, 11) is -4.02. The van der Waals surface area contributed by atoms with Crippen LogP contribution in [0.4, 0.5) is 11.4 Å². The zero-order chi connectivity index (χ0) is 32.6. The minimum atomic E-state index is -4.02. The van der Waals surface area contributed by atoms with Gasteiger partial charge in [0, 0.05) is 18.3 Å². The predicted molar refractivity (Wildman–Crippen MR) is 176 cm³/mol. The largest absolute Gasteiger partial charge is 0.508 e. The van der Waals surface area contributed by atoms with Crippen molar-refractivity contribution in [3.05, 3.63) is 72.3 Å². The van der Waals surface area contributed by atoms with Gasteiger partial charge in [-0.05, 0) is 55.0 Å². The lowest BCUT2D eigenvalue weighted by Crippen LogP contribution is -2.53. The van der Waals surface area contributed by atoms with Crippen LogP contribution in [0, 0.1) is 0 Å². The highest BCUT2D eigenvalue weighted by Gasteiger charge is 2.42. The van der Waals surface area contributed by atoms with Gasteiger partial charge in [0.25, 0.3) is 5.91 Å². The summed E-state index contributed by atoms with van der Waals surface area (Å²) in [6, 6.07) is 17.1. The number of nitrogens with zero attached hydrogens (tertiary/aromatic N) is 1. The lowest BCUT2D eigenvalue weighted by molar-refractivity contribution is -0.142. The number of phenols is 1. The molecule has 1 aliphatic heterocycles. The Bertz CT molecular complexity index is 1570. The maximum Gasteiger partial charge on any atom is 0.330 e. The van der Waals surface area contributed by atoms with E-state index in [0.29, 0.717) is 30.0 Å². The Morgan fingerprint density at radius 1 is 1.04 bits per heavy atom. The standard InChI is InChI=1S/C33H41N3O7S2/c1-4-6-17-33(18-7-5-2)22-36(24-11-9-8-10-12-24)26-19-28(44-3)27(20-29(26)45(41,42)35-33)43-21-30(38)34-31(32(39)40)23-13-15-25(37)16-14-23/h8-16,19-20,31,35,37H,4-7,17-18,21-22H2,1-3H3,(H,34,38)(H,39,40)/t31-/m1/s1. The molecule has 3 aromatic carbocycles. The summed E-state index contributed by atoms with van der Waals surface area (Å²) in [4.78, 5) is 27.5. The normalized spacial score (nSPS) is 15.8. The number of para-hydroxylation sites is 1. The molecule has 0 aliphatic carbocycles. The predicted octanol–water partition coefficient (Wildman–Crippen LogP) is 5.98. The molecule has 1 aliphatic rings. The molecule has 242 valence electrons. The SMILES string of the molecule is CCCCC1(CCCC)CN(c2ccccc2)c2cc(SC)c(OCC(=O)N[C@@H](C(=O)O)c3ccc(O)cc3)cc2S(=O)(=O)N1. The van der Waals surface area contributed by atoms with Crippen molar-refractivity contribution >= 4 is 45.0 Å². The van der Waals surface area contributed by atoms with Crippen molar-refractivity contribution in [2.24, 2.45) is 0 Å². The lowest BCUT2D eigenvalue weighted by atomic mass is 9.87. The number of ether oxygens (including phenoxy) is 1. The van der Waals surface area contributed by atoms with E-state index in [1.165, 1.54) is 42.1 Å². The van der Waals surface area contributed by atoms with Crippen LogP contribution < -0.4 is 19.7 Å². The zero-order valence-electron chi connectivity index (χ0n) is 25.8. The number of carbonyl (C=O) groups excluding carboxylic acids is 1. The van der Waals surface area contributed by atoms with E-state index >= 15 is 0 Å². The number of unbranched alkanes of at least 4 members (excludes halogenated alkanes) is 2. The van der Waals surface area contributed by atoms with E-state index in [9.17, 15) is 28.2 Å². The van der Waals surface area contributed by atoms with Gasteiger partial charge in [-0.3, -0.25) is 4.79 Å². The number of fused-ring (bicyclic) bond motifs is 1. The van der Waals surface area contributed by atoms with Crippen LogP contribution in [0.25, 0.3) is 0 Å². The minimum Gasteiger partial charge on any atom is -0.508 e. The number of amides is 1. The molecule has 0 saturated carbocycles. The van der Waals surface area contributed by atoms with Gasteiger partial charge in [0.05, 0.1) is 16.1 Å². The summed E-state index contributed by atoms with van der Waals surface area (Å²) >= 11 is 1.35. The first-order chi connectivity index (χ1) is 21.5. The topological polar surface area (TPSA) is 145 Å². The Balaban J connectivity index is 1.70. The molecule has 0 spiro atoms. The lowest BCUT2D eigenvalue weighted by Gasteiger charge is -2.37. The zero-order valence-corrected chi connectivity index (χ0v) is 27.4. The van der Waals surface area contributed by atoms with Crippen molar-refractivity contribution in [3.8, 4) is 11.5 Å². The highest BCUT2D eigenvalue weighted by Crippen LogP contribution is 2.44. The number of nitrogens with one attached hydrogen (secondary N) is 2. The summed E-state index contributed by atoms with van der Waals surface area (Å²) in [6.45, 7) is 4.10. The van der Waals surface area contributed by atoms with Gasteiger partial charge < -0.3 is 25.2 Å². The van der Waals surface area contributed by atoms with Crippen LogP contribution >= 0.6 is 11.8 Å². The van der Waals surface area contributed by atoms with Crippen molar-refractivity contribution in [2.75, 3.05) is 24.3 Å². The summed E-state index contributed by atoms with van der Waals surface area (Å²) in [5.41, 5.74) is 0.962. The van der Waals surface area contributed by atoms with Crippen molar-refractivity contribution in [3.63, 3.8) is 0 Å². The second-order valence-corrected chi connectivity index (χ2v) is 13.7. The van der Waals surface area contributed by atoms with E-state index < -0.39 is 40.1 Å². The summed E-state index contributed by atoms with van der Waals surface area (Å²) in [6.07, 6.45) is 6.80.